The number of hydrogen-bond acceptors (Lipinski definition) is 3. The Hall–Kier alpha value is -1.55. The zero-order valence-electron chi connectivity index (χ0n) is 14.7. The van der Waals surface area contributed by atoms with E-state index in [1.807, 2.05) is 24.3 Å². The average Bonchev–Trinajstić information content (AvgIpc) is 2.51. The highest BCUT2D eigenvalue weighted by atomic mass is 16.5. The monoisotopic (exact) mass is 318 g/mol. The number of nitrogens with one attached hydrogen (secondary N) is 1. The summed E-state index contributed by atoms with van der Waals surface area (Å²) in [5.74, 6) is 2.50. The summed E-state index contributed by atoms with van der Waals surface area (Å²) in [6.07, 6.45) is 2.80. The van der Waals surface area contributed by atoms with Gasteiger partial charge in [-0.15, -0.1) is 0 Å². The molecule has 1 aromatic carbocycles. The number of carbonyl (C=O) groups excluding carboxylic acids is 1. The normalized spacial score (nSPS) is 21.9. The number of methoxy groups -OCH3 is 1. The van der Waals surface area contributed by atoms with E-state index in [1.54, 1.807) is 7.11 Å². The molecule has 23 heavy (non-hydrogen) atoms. The summed E-state index contributed by atoms with van der Waals surface area (Å²) >= 11 is 0. The first kappa shape index (κ1) is 17.8. The van der Waals surface area contributed by atoms with E-state index in [-0.39, 0.29) is 5.91 Å². The quantitative estimate of drug-likeness (QED) is 0.786. The largest absolute Gasteiger partial charge is 0.497 e. The molecular weight excluding hydrogens is 288 g/mol. The fraction of sp³-hybridized carbons (Fsp3) is 0.632. The van der Waals surface area contributed by atoms with Crippen LogP contribution < -0.4 is 10.1 Å². The van der Waals surface area contributed by atoms with Crippen LogP contribution in [-0.2, 0) is 11.2 Å². The lowest BCUT2D eigenvalue weighted by atomic mass is 9.92. The van der Waals surface area contributed by atoms with Crippen LogP contribution in [0.4, 0.5) is 0 Å². The molecule has 1 heterocycles. The molecule has 1 aromatic rings. The number of carbonyl (C=O) groups is 1. The second-order valence-electron chi connectivity index (χ2n) is 6.93. The Morgan fingerprint density at radius 1 is 1.22 bits per heavy atom. The third-order valence-electron chi connectivity index (χ3n) is 4.44. The van der Waals surface area contributed by atoms with Crippen LogP contribution in [0.5, 0.6) is 5.75 Å². The lowest BCUT2D eigenvalue weighted by Gasteiger charge is -2.34. The summed E-state index contributed by atoms with van der Waals surface area (Å²) in [6, 6.07) is 7.66. The molecule has 4 nitrogen and oxygen atoms in total. The van der Waals surface area contributed by atoms with Gasteiger partial charge in [0.2, 0.25) is 5.91 Å². The van der Waals surface area contributed by atoms with Crippen LogP contribution in [0, 0.1) is 11.8 Å². The van der Waals surface area contributed by atoms with E-state index in [9.17, 15) is 4.79 Å². The van der Waals surface area contributed by atoms with Gasteiger partial charge in [-0.1, -0.05) is 26.0 Å². The molecular formula is C19H30N2O2. The topological polar surface area (TPSA) is 41.6 Å². The van der Waals surface area contributed by atoms with Gasteiger partial charge in [0.1, 0.15) is 5.75 Å². The van der Waals surface area contributed by atoms with Crippen molar-refractivity contribution < 1.29 is 9.53 Å². The minimum Gasteiger partial charge on any atom is -0.497 e. The first-order valence-electron chi connectivity index (χ1n) is 8.68. The molecule has 2 atom stereocenters. The third-order valence-corrected chi connectivity index (χ3v) is 4.44. The predicted molar refractivity (Wildman–Crippen MR) is 93.7 cm³/mol. The maximum atomic E-state index is 12.0. The molecule has 1 saturated heterocycles. The highest BCUT2D eigenvalue weighted by Gasteiger charge is 2.20. The lowest BCUT2D eigenvalue weighted by Crippen LogP contribution is -2.40. The molecule has 1 fully saturated rings. The molecule has 1 amide bonds. The van der Waals surface area contributed by atoms with Crippen molar-refractivity contribution in [2.24, 2.45) is 11.8 Å². The van der Waals surface area contributed by atoms with Crippen LogP contribution in [0.3, 0.4) is 0 Å². The summed E-state index contributed by atoms with van der Waals surface area (Å²) < 4.78 is 5.12. The van der Waals surface area contributed by atoms with E-state index in [0.29, 0.717) is 6.42 Å². The summed E-state index contributed by atoms with van der Waals surface area (Å²) in [5.41, 5.74) is 1.02. The number of ether oxygens (including phenoxy) is 1. The van der Waals surface area contributed by atoms with E-state index in [2.05, 4.69) is 24.1 Å². The van der Waals surface area contributed by atoms with Crippen molar-refractivity contribution in [1.82, 2.24) is 10.2 Å². The molecule has 4 heteroatoms. The van der Waals surface area contributed by atoms with Gasteiger partial charge in [-0.3, -0.25) is 4.79 Å². The van der Waals surface area contributed by atoms with Crippen molar-refractivity contribution in [3.05, 3.63) is 29.8 Å². The molecule has 128 valence electrons. The van der Waals surface area contributed by atoms with Crippen LogP contribution in [0.25, 0.3) is 0 Å². The number of nitrogens with zero attached hydrogens (tertiary/aromatic N) is 1. The Labute approximate surface area is 140 Å². The molecule has 1 aliphatic heterocycles. The SMILES string of the molecule is COc1ccc(CC(=O)NCCCN2C[C@H](C)C[C@H](C)C2)cc1. The molecule has 0 aliphatic carbocycles. The molecule has 0 bridgehead atoms. The van der Waals surface area contributed by atoms with Crippen molar-refractivity contribution in [3.63, 3.8) is 0 Å². The summed E-state index contributed by atoms with van der Waals surface area (Å²) in [7, 11) is 1.64. The Bertz CT molecular complexity index is 477. The van der Waals surface area contributed by atoms with Gasteiger partial charge >= 0.3 is 0 Å². The first-order valence-corrected chi connectivity index (χ1v) is 8.68. The van der Waals surface area contributed by atoms with Gasteiger partial charge in [-0.05, 0) is 48.9 Å². The minimum absolute atomic E-state index is 0.0931. The van der Waals surface area contributed by atoms with Gasteiger partial charge in [0, 0.05) is 19.6 Å². The van der Waals surface area contributed by atoms with E-state index in [0.717, 1.165) is 42.7 Å². The Morgan fingerprint density at radius 3 is 2.48 bits per heavy atom. The maximum Gasteiger partial charge on any atom is 0.224 e. The molecule has 0 aromatic heterocycles. The van der Waals surface area contributed by atoms with Crippen LogP contribution in [0.1, 0.15) is 32.3 Å². The maximum absolute atomic E-state index is 12.0. The molecule has 0 spiro atoms. The van der Waals surface area contributed by atoms with Gasteiger partial charge in [-0.2, -0.15) is 0 Å². The molecule has 0 saturated carbocycles. The Morgan fingerprint density at radius 2 is 1.87 bits per heavy atom. The zero-order valence-corrected chi connectivity index (χ0v) is 14.7. The fourth-order valence-corrected chi connectivity index (χ4v) is 3.50. The lowest BCUT2D eigenvalue weighted by molar-refractivity contribution is -0.120. The second-order valence-corrected chi connectivity index (χ2v) is 6.93. The number of benzene rings is 1. The average molecular weight is 318 g/mol. The number of rotatable bonds is 7. The minimum atomic E-state index is 0.0931. The molecule has 0 radical (unpaired) electrons. The predicted octanol–water partition coefficient (Wildman–Crippen LogP) is 2.72. The van der Waals surface area contributed by atoms with Gasteiger partial charge in [-0.25, -0.2) is 0 Å². The number of likely N-dealkylation sites (tertiary alicyclic amines) is 1. The van der Waals surface area contributed by atoms with E-state index < -0.39 is 0 Å². The van der Waals surface area contributed by atoms with Crippen LogP contribution in [0.2, 0.25) is 0 Å². The molecule has 0 unspecified atom stereocenters. The smallest absolute Gasteiger partial charge is 0.224 e. The van der Waals surface area contributed by atoms with Crippen molar-refractivity contribution in [3.8, 4) is 5.75 Å². The molecule has 1 N–H and O–H groups in total. The standard InChI is InChI=1S/C19H30N2O2/c1-15-11-16(2)14-21(13-15)10-4-9-20-19(22)12-17-5-7-18(23-3)8-6-17/h5-8,15-16H,4,9-14H2,1-3H3,(H,20,22)/t15-,16+. The van der Waals surface area contributed by atoms with Crippen LogP contribution >= 0.6 is 0 Å². The van der Waals surface area contributed by atoms with Gasteiger partial charge in [0.25, 0.3) is 0 Å². The van der Waals surface area contributed by atoms with E-state index >= 15 is 0 Å². The molecule has 2 rings (SSSR count). The molecule has 1 aliphatic rings. The summed E-state index contributed by atoms with van der Waals surface area (Å²) in [6.45, 7) is 8.90. The van der Waals surface area contributed by atoms with Gasteiger partial charge < -0.3 is 15.0 Å². The summed E-state index contributed by atoms with van der Waals surface area (Å²) in [5, 5.41) is 3.02. The number of piperidine rings is 1. The van der Waals surface area contributed by atoms with E-state index in [1.165, 1.54) is 19.5 Å². The van der Waals surface area contributed by atoms with E-state index in [4.69, 9.17) is 4.74 Å². The third kappa shape index (κ3) is 6.22. The van der Waals surface area contributed by atoms with Crippen LogP contribution in [-0.4, -0.2) is 44.1 Å². The van der Waals surface area contributed by atoms with Crippen molar-refractivity contribution in [1.29, 1.82) is 0 Å². The Kier molecular flexibility index (Phi) is 6.90. The van der Waals surface area contributed by atoms with Gasteiger partial charge in [0.05, 0.1) is 13.5 Å². The number of hydrogen-bond donors (Lipinski definition) is 1. The van der Waals surface area contributed by atoms with Crippen LogP contribution in [0.15, 0.2) is 24.3 Å². The van der Waals surface area contributed by atoms with Crippen molar-refractivity contribution in [2.75, 3.05) is 33.3 Å². The second kappa shape index (κ2) is 8.92. The Balaban J connectivity index is 1.62. The highest BCUT2D eigenvalue weighted by Crippen LogP contribution is 2.20. The van der Waals surface area contributed by atoms with Crippen molar-refractivity contribution >= 4 is 5.91 Å². The first-order chi connectivity index (χ1) is 11.1. The summed E-state index contributed by atoms with van der Waals surface area (Å²) in [4.78, 5) is 14.5. The zero-order chi connectivity index (χ0) is 16.7. The fourth-order valence-electron chi connectivity index (χ4n) is 3.50. The van der Waals surface area contributed by atoms with Gasteiger partial charge in [0.15, 0.2) is 0 Å². The van der Waals surface area contributed by atoms with Crippen molar-refractivity contribution in [2.45, 2.75) is 33.1 Å². The highest BCUT2D eigenvalue weighted by molar-refractivity contribution is 5.78. The number of amides is 1.